The van der Waals surface area contributed by atoms with E-state index in [1.807, 2.05) is 83.8 Å². The zero-order chi connectivity index (χ0) is 22.8. The second-order valence-electron chi connectivity index (χ2n) is 8.05. The highest BCUT2D eigenvalue weighted by Gasteiger charge is 2.34. The Morgan fingerprint density at radius 1 is 0.970 bits per heavy atom. The molecule has 1 heterocycles. The molecule has 0 aromatic heterocycles. The van der Waals surface area contributed by atoms with Gasteiger partial charge >= 0.3 is 0 Å². The van der Waals surface area contributed by atoms with E-state index in [1.54, 1.807) is 11.8 Å². The zero-order valence-corrected chi connectivity index (χ0v) is 19.1. The molecule has 0 saturated carbocycles. The summed E-state index contributed by atoms with van der Waals surface area (Å²) < 4.78 is 0. The van der Waals surface area contributed by atoms with Crippen molar-refractivity contribution in [3.05, 3.63) is 108 Å². The van der Waals surface area contributed by atoms with Crippen molar-refractivity contribution in [2.24, 2.45) is 0 Å². The molecule has 5 heteroatoms. The Kier molecular flexibility index (Phi) is 5.88. The monoisotopic (exact) mass is 452 g/mol. The molecule has 1 atom stereocenters. The summed E-state index contributed by atoms with van der Waals surface area (Å²) in [4.78, 5) is 27.5. The normalized spacial score (nSPS) is 15.7. The SMILES string of the molecule is CCc1cccc(N2C(=O)CSC2c2ccc(NC(=O)c3cccc4ccccc34)cc2)c1. The molecular weight excluding hydrogens is 428 g/mol. The summed E-state index contributed by atoms with van der Waals surface area (Å²) in [6.07, 6.45) is 0.929. The number of anilines is 2. The van der Waals surface area contributed by atoms with Crippen molar-refractivity contribution >= 4 is 45.7 Å². The first kappa shape index (κ1) is 21.3. The van der Waals surface area contributed by atoms with Gasteiger partial charge in [0.05, 0.1) is 5.75 Å². The topological polar surface area (TPSA) is 49.4 Å². The van der Waals surface area contributed by atoms with E-state index in [0.29, 0.717) is 11.3 Å². The van der Waals surface area contributed by atoms with E-state index in [9.17, 15) is 9.59 Å². The third kappa shape index (κ3) is 4.24. The molecule has 33 heavy (non-hydrogen) atoms. The number of amides is 2. The standard InChI is InChI=1S/C28H24N2O2S/c1-2-19-7-5-10-23(17-19)30-26(31)18-33-28(30)21-13-15-22(16-14-21)29-27(32)25-12-6-9-20-8-3-4-11-24(20)25/h3-17,28H,2,18H2,1H3,(H,29,32). The fraction of sp³-hybridized carbons (Fsp3) is 0.143. The Bertz CT molecular complexity index is 1330. The van der Waals surface area contributed by atoms with Gasteiger partial charge in [0.15, 0.2) is 0 Å². The number of hydrogen-bond donors (Lipinski definition) is 1. The maximum absolute atomic E-state index is 12.9. The molecule has 0 spiro atoms. The lowest BCUT2D eigenvalue weighted by atomic mass is 10.0. The molecule has 0 radical (unpaired) electrons. The molecule has 1 aliphatic rings. The Labute approximate surface area is 197 Å². The van der Waals surface area contributed by atoms with Gasteiger partial charge in [0.25, 0.3) is 5.91 Å². The highest BCUT2D eigenvalue weighted by Crippen LogP contribution is 2.42. The summed E-state index contributed by atoms with van der Waals surface area (Å²) >= 11 is 1.63. The summed E-state index contributed by atoms with van der Waals surface area (Å²) in [5.74, 6) is 0.440. The van der Waals surface area contributed by atoms with Gasteiger partial charge in [-0.3, -0.25) is 14.5 Å². The summed E-state index contributed by atoms with van der Waals surface area (Å²) in [5.41, 5.74) is 4.56. The van der Waals surface area contributed by atoms with Gasteiger partial charge in [-0.1, -0.05) is 67.6 Å². The number of aryl methyl sites for hydroxylation is 1. The summed E-state index contributed by atoms with van der Waals surface area (Å²) in [6.45, 7) is 2.11. The first-order chi connectivity index (χ1) is 16.1. The first-order valence-electron chi connectivity index (χ1n) is 11.1. The van der Waals surface area contributed by atoms with Gasteiger partial charge in [-0.25, -0.2) is 0 Å². The van der Waals surface area contributed by atoms with Crippen LogP contribution in [0.15, 0.2) is 91.0 Å². The van der Waals surface area contributed by atoms with Crippen molar-refractivity contribution in [1.82, 2.24) is 0 Å². The van der Waals surface area contributed by atoms with E-state index < -0.39 is 0 Å². The van der Waals surface area contributed by atoms with Crippen molar-refractivity contribution in [3.8, 4) is 0 Å². The average molecular weight is 453 g/mol. The average Bonchev–Trinajstić information content (AvgIpc) is 3.25. The lowest BCUT2D eigenvalue weighted by molar-refractivity contribution is -0.115. The number of nitrogens with one attached hydrogen (secondary N) is 1. The van der Waals surface area contributed by atoms with Crippen LogP contribution < -0.4 is 10.2 Å². The molecule has 0 aliphatic carbocycles. The molecule has 4 nitrogen and oxygen atoms in total. The highest BCUT2D eigenvalue weighted by molar-refractivity contribution is 8.00. The smallest absolute Gasteiger partial charge is 0.256 e. The van der Waals surface area contributed by atoms with Crippen LogP contribution in [0.25, 0.3) is 10.8 Å². The zero-order valence-electron chi connectivity index (χ0n) is 18.3. The van der Waals surface area contributed by atoms with Gasteiger partial charge in [0.2, 0.25) is 5.91 Å². The van der Waals surface area contributed by atoms with E-state index in [4.69, 9.17) is 0 Å². The predicted molar refractivity (Wildman–Crippen MR) is 137 cm³/mol. The van der Waals surface area contributed by atoms with Crippen molar-refractivity contribution in [2.75, 3.05) is 16.0 Å². The number of carbonyl (C=O) groups excluding carboxylic acids is 2. The third-order valence-electron chi connectivity index (χ3n) is 5.95. The summed E-state index contributed by atoms with van der Waals surface area (Å²) in [7, 11) is 0. The van der Waals surface area contributed by atoms with Gasteiger partial charge < -0.3 is 5.32 Å². The van der Waals surface area contributed by atoms with Gasteiger partial charge in [-0.2, -0.15) is 0 Å². The number of benzene rings is 4. The van der Waals surface area contributed by atoms with Crippen LogP contribution in [0.3, 0.4) is 0 Å². The number of hydrogen-bond acceptors (Lipinski definition) is 3. The molecule has 4 aromatic carbocycles. The summed E-state index contributed by atoms with van der Waals surface area (Å²) in [6, 6.07) is 29.6. The van der Waals surface area contributed by atoms with Gasteiger partial charge in [0, 0.05) is 16.9 Å². The quantitative estimate of drug-likeness (QED) is 0.379. The predicted octanol–water partition coefficient (Wildman–Crippen LogP) is 6.43. The highest BCUT2D eigenvalue weighted by atomic mass is 32.2. The van der Waals surface area contributed by atoms with Crippen molar-refractivity contribution in [2.45, 2.75) is 18.7 Å². The van der Waals surface area contributed by atoms with E-state index in [0.717, 1.165) is 34.1 Å². The lowest BCUT2D eigenvalue weighted by Gasteiger charge is -2.25. The van der Waals surface area contributed by atoms with E-state index in [2.05, 4.69) is 24.4 Å². The van der Waals surface area contributed by atoms with Crippen LogP contribution in [-0.4, -0.2) is 17.6 Å². The number of thioether (sulfide) groups is 1. The third-order valence-corrected chi connectivity index (χ3v) is 7.17. The van der Waals surface area contributed by atoms with Crippen molar-refractivity contribution in [3.63, 3.8) is 0 Å². The Balaban J connectivity index is 1.36. The van der Waals surface area contributed by atoms with Gasteiger partial charge in [-0.15, -0.1) is 11.8 Å². The molecule has 4 aromatic rings. The minimum absolute atomic E-state index is 0.0765. The Morgan fingerprint density at radius 2 is 1.73 bits per heavy atom. The number of rotatable bonds is 5. The molecule has 1 unspecified atom stereocenters. The van der Waals surface area contributed by atoms with Gasteiger partial charge in [-0.05, 0) is 58.7 Å². The van der Waals surface area contributed by atoms with E-state index in [1.165, 1.54) is 5.56 Å². The largest absolute Gasteiger partial charge is 0.322 e. The first-order valence-corrected chi connectivity index (χ1v) is 12.1. The molecule has 1 saturated heterocycles. The van der Waals surface area contributed by atoms with Crippen molar-refractivity contribution in [1.29, 1.82) is 0 Å². The molecule has 0 bridgehead atoms. The minimum atomic E-state index is -0.136. The summed E-state index contributed by atoms with van der Waals surface area (Å²) in [5, 5.41) is 4.90. The molecule has 1 fully saturated rings. The van der Waals surface area contributed by atoms with Crippen LogP contribution in [0.5, 0.6) is 0 Å². The number of fused-ring (bicyclic) bond motifs is 1. The lowest BCUT2D eigenvalue weighted by Crippen LogP contribution is -2.27. The van der Waals surface area contributed by atoms with E-state index >= 15 is 0 Å². The molecule has 2 amide bonds. The van der Waals surface area contributed by atoms with E-state index in [-0.39, 0.29) is 17.2 Å². The van der Waals surface area contributed by atoms with Crippen LogP contribution in [0.1, 0.15) is 33.8 Å². The Morgan fingerprint density at radius 3 is 2.55 bits per heavy atom. The van der Waals surface area contributed by atoms with Crippen LogP contribution in [-0.2, 0) is 11.2 Å². The number of carbonyl (C=O) groups is 2. The maximum Gasteiger partial charge on any atom is 0.256 e. The van der Waals surface area contributed by atoms with Gasteiger partial charge in [0.1, 0.15) is 5.37 Å². The second-order valence-corrected chi connectivity index (χ2v) is 9.12. The van der Waals surface area contributed by atoms with Crippen LogP contribution in [0.2, 0.25) is 0 Å². The minimum Gasteiger partial charge on any atom is -0.322 e. The second kappa shape index (κ2) is 9.12. The molecular formula is C28H24N2O2S. The van der Waals surface area contributed by atoms with Crippen LogP contribution in [0, 0.1) is 0 Å². The maximum atomic E-state index is 12.9. The fourth-order valence-corrected chi connectivity index (χ4v) is 5.41. The Hall–Kier alpha value is -3.57. The van der Waals surface area contributed by atoms with Crippen molar-refractivity contribution < 1.29 is 9.59 Å². The molecule has 1 N–H and O–H groups in total. The number of nitrogens with zero attached hydrogens (tertiary/aromatic N) is 1. The fourth-order valence-electron chi connectivity index (χ4n) is 4.23. The van der Waals surface area contributed by atoms with Crippen LogP contribution in [0.4, 0.5) is 11.4 Å². The molecule has 164 valence electrons. The molecule has 1 aliphatic heterocycles. The van der Waals surface area contributed by atoms with Crippen LogP contribution >= 0.6 is 11.8 Å². The molecule has 5 rings (SSSR count).